The molecule has 0 aromatic heterocycles. The third kappa shape index (κ3) is 4.74. The molecule has 0 bridgehead atoms. The number of likely N-dealkylation sites (N-methyl/N-ethyl adjacent to an activating group) is 1. The smallest absolute Gasteiger partial charge is 0.343 e. The van der Waals surface area contributed by atoms with Crippen LogP contribution in [-0.2, 0) is 14.3 Å². The molecule has 0 spiro atoms. The number of hydrogen-bond donors (Lipinski definition) is 0. The molecular formula is C20H17ClN2O4S. The third-order valence-electron chi connectivity index (χ3n) is 3.81. The summed E-state index contributed by atoms with van der Waals surface area (Å²) in [5, 5.41) is 1.06. The number of carbonyl (C=O) groups excluding carboxylic acids is 2. The van der Waals surface area contributed by atoms with Gasteiger partial charge in [-0.25, -0.2) is 9.79 Å². The normalized spacial score (nSPS) is 16.7. The van der Waals surface area contributed by atoms with Gasteiger partial charge >= 0.3 is 5.97 Å². The van der Waals surface area contributed by atoms with Gasteiger partial charge < -0.3 is 9.47 Å². The van der Waals surface area contributed by atoms with Crippen molar-refractivity contribution in [1.82, 2.24) is 4.90 Å². The molecule has 8 heteroatoms. The molecule has 1 amide bonds. The standard InChI is InChI=1S/C20H17ClN2O4S/c1-23-19(25)17(28-20(23)22-16-9-4-3-8-15(16)21)11-13-6-5-7-14(10-13)27-12-18(24)26-2/h3-11H,12H2,1-2H3/b17-11+,22-20?. The van der Waals surface area contributed by atoms with Gasteiger partial charge in [0.15, 0.2) is 11.8 Å². The van der Waals surface area contributed by atoms with Crippen LogP contribution in [0.3, 0.4) is 0 Å². The number of rotatable bonds is 5. The predicted molar refractivity (Wildman–Crippen MR) is 111 cm³/mol. The van der Waals surface area contributed by atoms with Crippen molar-refractivity contribution in [3.63, 3.8) is 0 Å². The average Bonchev–Trinajstić information content (AvgIpc) is 2.96. The summed E-state index contributed by atoms with van der Waals surface area (Å²) in [7, 11) is 2.97. The van der Waals surface area contributed by atoms with Gasteiger partial charge in [-0.05, 0) is 47.7 Å². The topological polar surface area (TPSA) is 68.2 Å². The number of amidine groups is 1. The molecule has 1 saturated heterocycles. The first kappa shape index (κ1) is 20.0. The molecule has 3 rings (SSSR count). The van der Waals surface area contributed by atoms with E-state index in [0.717, 1.165) is 5.56 Å². The summed E-state index contributed by atoms with van der Waals surface area (Å²) in [6.45, 7) is -0.179. The van der Waals surface area contributed by atoms with E-state index in [1.807, 2.05) is 18.2 Å². The molecule has 2 aromatic rings. The molecule has 144 valence electrons. The maximum atomic E-state index is 12.6. The van der Waals surface area contributed by atoms with Gasteiger partial charge in [0, 0.05) is 7.05 Å². The Hall–Kier alpha value is -2.77. The van der Waals surface area contributed by atoms with E-state index in [4.69, 9.17) is 16.3 Å². The number of benzene rings is 2. The summed E-state index contributed by atoms with van der Waals surface area (Å²) < 4.78 is 9.93. The van der Waals surface area contributed by atoms with E-state index >= 15 is 0 Å². The summed E-state index contributed by atoms with van der Waals surface area (Å²) in [5.74, 6) is -0.113. The molecule has 1 fully saturated rings. The maximum Gasteiger partial charge on any atom is 0.343 e. The minimum Gasteiger partial charge on any atom is -0.482 e. The monoisotopic (exact) mass is 416 g/mol. The van der Waals surface area contributed by atoms with Crippen LogP contribution >= 0.6 is 23.4 Å². The lowest BCUT2D eigenvalue weighted by Gasteiger charge is -2.07. The van der Waals surface area contributed by atoms with Crippen molar-refractivity contribution in [3.8, 4) is 5.75 Å². The van der Waals surface area contributed by atoms with Crippen molar-refractivity contribution < 1.29 is 19.1 Å². The summed E-state index contributed by atoms with van der Waals surface area (Å²) in [6, 6.07) is 14.3. The highest BCUT2D eigenvalue weighted by Gasteiger charge is 2.30. The van der Waals surface area contributed by atoms with Crippen LogP contribution in [0.25, 0.3) is 6.08 Å². The van der Waals surface area contributed by atoms with Gasteiger partial charge in [0.2, 0.25) is 0 Å². The number of carbonyl (C=O) groups is 2. The zero-order chi connectivity index (χ0) is 20.1. The van der Waals surface area contributed by atoms with Crippen molar-refractivity contribution in [1.29, 1.82) is 0 Å². The average molecular weight is 417 g/mol. The van der Waals surface area contributed by atoms with Gasteiger partial charge in [0.1, 0.15) is 5.75 Å². The second-order valence-corrected chi connectivity index (χ2v) is 7.17. The fraction of sp³-hybridized carbons (Fsp3) is 0.150. The molecule has 6 nitrogen and oxygen atoms in total. The number of esters is 1. The van der Waals surface area contributed by atoms with Crippen LogP contribution in [0.5, 0.6) is 5.75 Å². The van der Waals surface area contributed by atoms with E-state index in [1.165, 1.54) is 23.8 Å². The van der Waals surface area contributed by atoms with Gasteiger partial charge in [-0.1, -0.05) is 35.9 Å². The summed E-state index contributed by atoms with van der Waals surface area (Å²) in [6.07, 6.45) is 1.75. The molecule has 0 N–H and O–H groups in total. The van der Waals surface area contributed by atoms with Gasteiger partial charge in [-0.3, -0.25) is 9.69 Å². The van der Waals surface area contributed by atoms with E-state index in [2.05, 4.69) is 9.73 Å². The number of ether oxygens (including phenoxy) is 2. The van der Waals surface area contributed by atoms with Crippen LogP contribution in [0.4, 0.5) is 5.69 Å². The summed E-state index contributed by atoms with van der Waals surface area (Å²) >= 11 is 7.42. The Bertz CT molecular complexity index is 974. The molecule has 0 radical (unpaired) electrons. The predicted octanol–water partition coefficient (Wildman–Crippen LogP) is 4.13. The number of methoxy groups -OCH3 is 1. The van der Waals surface area contributed by atoms with Crippen molar-refractivity contribution in [2.24, 2.45) is 4.99 Å². The highest BCUT2D eigenvalue weighted by Crippen LogP contribution is 2.35. The second-order valence-electron chi connectivity index (χ2n) is 5.76. The van der Waals surface area contributed by atoms with Crippen LogP contribution in [0, 0.1) is 0 Å². The molecule has 28 heavy (non-hydrogen) atoms. The fourth-order valence-corrected chi connectivity index (χ4v) is 3.50. The first-order valence-electron chi connectivity index (χ1n) is 8.28. The lowest BCUT2D eigenvalue weighted by molar-refractivity contribution is -0.142. The highest BCUT2D eigenvalue weighted by atomic mass is 35.5. The van der Waals surface area contributed by atoms with Gasteiger partial charge in [-0.2, -0.15) is 0 Å². The van der Waals surface area contributed by atoms with Gasteiger partial charge in [0.25, 0.3) is 5.91 Å². The Morgan fingerprint density at radius 3 is 2.79 bits per heavy atom. The fourth-order valence-electron chi connectivity index (χ4n) is 2.34. The first-order valence-corrected chi connectivity index (χ1v) is 9.48. The third-order valence-corrected chi connectivity index (χ3v) is 5.19. The number of para-hydroxylation sites is 1. The van der Waals surface area contributed by atoms with E-state index in [1.54, 1.807) is 43.5 Å². The van der Waals surface area contributed by atoms with Crippen LogP contribution in [0.1, 0.15) is 5.56 Å². The molecule has 0 aliphatic carbocycles. The Morgan fingerprint density at radius 2 is 2.04 bits per heavy atom. The molecule has 0 unspecified atom stereocenters. The Labute approximate surface area is 171 Å². The lowest BCUT2D eigenvalue weighted by atomic mass is 10.2. The zero-order valence-corrected chi connectivity index (χ0v) is 16.8. The van der Waals surface area contributed by atoms with Crippen molar-refractivity contribution in [3.05, 3.63) is 64.0 Å². The Kier molecular flexibility index (Phi) is 6.38. The van der Waals surface area contributed by atoms with Crippen LogP contribution < -0.4 is 4.74 Å². The van der Waals surface area contributed by atoms with Gasteiger partial charge in [-0.15, -0.1) is 0 Å². The first-order chi connectivity index (χ1) is 13.5. The van der Waals surface area contributed by atoms with E-state index in [0.29, 0.717) is 26.5 Å². The second kappa shape index (κ2) is 8.95. The molecule has 0 saturated carbocycles. The van der Waals surface area contributed by atoms with E-state index in [-0.39, 0.29) is 12.5 Å². The van der Waals surface area contributed by atoms with Crippen LogP contribution in [0.2, 0.25) is 5.02 Å². The molecule has 1 heterocycles. The minimum atomic E-state index is -0.465. The highest BCUT2D eigenvalue weighted by molar-refractivity contribution is 8.18. The van der Waals surface area contributed by atoms with Crippen molar-refractivity contribution >= 4 is 52.2 Å². The maximum absolute atomic E-state index is 12.6. The quantitative estimate of drug-likeness (QED) is 0.541. The number of aliphatic imine (C=N–C) groups is 1. The van der Waals surface area contributed by atoms with E-state index < -0.39 is 5.97 Å². The SMILES string of the molecule is COC(=O)COc1cccc(/C=C2/SC(=Nc3ccccc3Cl)N(C)C2=O)c1. The number of hydrogen-bond acceptors (Lipinski definition) is 6. The lowest BCUT2D eigenvalue weighted by Crippen LogP contribution is -2.23. The zero-order valence-electron chi connectivity index (χ0n) is 15.2. The molecule has 2 aromatic carbocycles. The summed E-state index contributed by atoms with van der Waals surface area (Å²) in [4.78, 5) is 30.3. The molecule has 1 aliphatic rings. The van der Waals surface area contributed by atoms with Crippen LogP contribution in [0.15, 0.2) is 58.4 Å². The molecular weight excluding hydrogens is 400 g/mol. The van der Waals surface area contributed by atoms with Crippen LogP contribution in [-0.4, -0.2) is 42.7 Å². The van der Waals surface area contributed by atoms with Gasteiger partial charge in [0.05, 0.1) is 22.7 Å². The molecule has 1 aliphatic heterocycles. The van der Waals surface area contributed by atoms with E-state index in [9.17, 15) is 9.59 Å². The number of amides is 1. The largest absolute Gasteiger partial charge is 0.482 e. The minimum absolute atomic E-state index is 0.156. The Balaban J connectivity index is 1.80. The van der Waals surface area contributed by atoms with Crippen molar-refractivity contribution in [2.45, 2.75) is 0 Å². The number of thioether (sulfide) groups is 1. The number of halogens is 1. The van der Waals surface area contributed by atoms with Crippen molar-refractivity contribution in [2.75, 3.05) is 20.8 Å². The number of nitrogens with zero attached hydrogens (tertiary/aromatic N) is 2. The molecule has 0 atom stereocenters. The Morgan fingerprint density at radius 1 is 1.25 bits per heavy atom. The summed E-state index contributed by atoms with van der Waals surface area (Å²) in [5.41, 5.74) is 1.37.